The summed E-state index contributed by atoms with van der Waals surface area (Å²) in [6, 6.07) is 16.7. The van der Waals surface area contributed by atoms with Gasteiger partial charge in [0.2, 0.25) is 5.91 Å². The van der Waals surface area contributed by atoms with Crippen molar-refractivity contribution in [2.24, 2.45) is 0 Å². The van der Waals surface area contributed by atoms with Gasteiger partial charge in [-0.2, -0.15) is 0 Å². The molecule has 0 aliphatic heterocycles. The second-order valence-corrected chi connectivity index (χ2v) is 6.45. The van der Waals surface area contributed by atoms with Gasteiger partial charge < -0.3 is 9.88 Å². The molecule has 0 aliphatic rings. The van der Waals surface area contributed by atoms with Crippen LogP contribution in [0.15, 0.2) is 54.7 Å². The van der Waals surface area contributed by atoms with Crippen LogP contribution in [-0.2, 0) is 11.2 Å². The summed E-state index contributed by atoms with van der Waals surface area (Å²) in [7, 11) is 1.89. The Hall–Kier alpha value is -2.55. The molecule has 0 aliphatic carbocycles. The van der Waals surface area contributed by atoms with Crippen molar-refractivity contribution in [2.75, 3.05) is 7.05 Å². The van der Waals surface area contributed by atoms with E-state index in [1.54, 1.807) is 0 Å². The minimum absolute atomic E-state index is 0.0843. The highest BCUT2D eigenvalue weighted by atomic mass is 16.2. The normalized spacial score (nSPS) is 12.3. The van der Waals surface area contributed by atoms with Gasteiger partial charge in [-0.25, -0.2) is 0 Å². The van der Waals surface area contributed by atoms with Gasteiger partial charge in [0.15, 0.2) is 0 Å². The number of para-hydroxylation sites is 1. The van der Waals surface area contributed by atoms with Crippen LogP contribution in [0.5, 0.6) is 0 Å². The predicted molar refractivity (Wildman–Crippen MR) is 99.0 cm³/mol. The first-order valence-electron chi connectivity index (χ1n) is 8.43. The fraction of sp³-hybridized carbons (Fsp3) is 0.286. The maximum absolute atomic E-state index is 12.6. The van der Waals surface area contributed by atoms with E-state index in [1.807, 2.05) is 30.3 Å². The Labute approximate surface area is 143 Å². The Morgan fingerprint density at radius 3 is 2.58 bits per heavy atom. The number of rotatable bonds is 5. The highest BCUT2D eigenvalue weighted by Gasteiger charge is 2.17. The number of hydrogen-bond donors (Lipinski definition) is 1. The molecule has 3 aromatic rings. The number of fused-ring (bicyclic) bond motifs is 1. The summed E-state index contributed by atoms with van der Waals surface area (Å²) in [5.41, 5.74) is 4.74. The van der Waals surface area contributed by atoms with Gasteiger partial charge in [-0.15, -0.1) is 0 Å². The molecule has 24 heavy (non-hydrogen) atoms. The van der Waals surface area contributed by atoms with Crippen LogP contribution in [0.25, 0.3) is 10.9 Å². The van der Waals surface area contributed by atoms with E-state index in [4.69, 9.17) is 0 Å². The van der Waals surface area contributed by atoms with Crippen molar-refractivity contribution in [1.82, 2.24) is 9.88 Å². The van der Waals surface area contributed by atoms with Gasteiger partial charge in [0, 0.05) is 30.6 Å². The molecule has 0 spiro atoms. The van der Waals surface area contributed by atoms with Gasteiger partial charge in [0.25, 0.3) is 0 Å². The molecule has 1 heterocycles. The number of aromatic amines is 1. The molecule has 1 atom stereocenters. The van der Waals surface area contributed by atoms with Crippen LogP contribution >= 0.6 is 0 Å². The Bertz CT molecular complexity index is 832. The maximum Gasteiger partial charge on any atom is 0.223 e. The third-order valence-corrected chi connectivity index (χ3v) is 4.82. The van der Waals surface area contributed by atoms with Crippen molar-refractivity contribution in [1.29, 1.82) is 0 Å². The van der Waals surface area contributed by atoms with Gasteiger partial charge in [0.1, 0.15) is 0 Å². The van der Waals surface area contributed by atoms with Crippen molar-refractivity contribution >= 4 is 16.8 Å². The van der Waals surface area contributed by atoms with Gasteiger partial charge >= 0.3 is 0 Å². The highest BCUT2D eigenvalue weighted by molar-refractivity contribution is 5.84. The zero-order valence-electron chi connectivity index (χ0n) is 14.5. The van der Waals surface area contributed by atoms with Crippen molar-refractivity contribution in [3.63, 3.8) is 0 Å². The molecule has 0 fully saturated rings. The van der Waals surface area contributed by atoms with Crippen LogP contribution in [0.4, 0.5) is 0 Å². The van der Waals surface area contributed by atoms with E-state index in [0.717, 1.165) is 11.9 Å². The molecule has 0 saturated heterocycles. The smallest absolute Gasteiger partial charge is 0.223 e. The third-order valence-electron chi connectivity index (χ3n) is 4.82. The Morgan fingerprint density at radius 2 is 1.83 bits per heavy atom. The van der Waals surface area contributed by atoms with Crippen LogP contribution < -0.4 is 0 Å². The number of H-pyrrole nitrogens is 1. The molecular weight excluding hydrogens is 296 g/mol. The molecule has 124 valence electrons. The summed E-state index contributed by atoms with van der Waals surface area (Å²) >= 11 is 0. The lowest BCUT2D eigenvalue weighted by Gasteiger charge is -2.25. The number of carbonyl (C=O) groups is 1. The number of hydrogen-bond acceptors (Lipinski definition) is 1. The molecule has 0 bridgehead atoms. The fourth-order valence-corrected chi connectivity index (χ4v) is 3.04. The summed E-state index contributed by atoms with van der Waals surface area (Å²) in [6.45, 7) is 4.15. The second-order valence-electron chi connectivity index (χ2n) is 6.45. The van der Waals surface area contributed by atoms with Gasteiger partial charge in [-0.1, -0.05) is 48.0 Å². The second kappa shape index (κ2) is 6.91. The average Bonchev–Trinajstić information content (AvgIpc) is 3.02. The van der Waals surface area contributed by atoms with Crippen molar-refractivity contribution < 1.29 is 4.79 Å². The van der Waals surface area contributed by atoms with Crippen LogP contribution in [0.2, 0.25) is 0 Å². The number of aromatic nitrogens is 1. The minimum Gasteiger partial charge on any atom is -0.361 e. The number of nitrogens with zero attached hydrogens (tertiary/aromatic N) is 1. The third kappa shape index (κ3) is 3.35. The molecule has 1 N–H and O–H groups in total. The standard InChI is InChI=1S/C21H24N2O/c1-15-8-10-17(11-9-15)16(2)23(3)21(24)13-12-18-14-22-20-7-5-4-6-19(18)20/h4-11,14,16,22H,12-13H2,1-3H3. The monoisotopic (exact) mass is 320 g/mol. The summed E-state index contributed by atoms with van der Waals surface area (Å²) in [5, 5.41) is 1.21. The zero-order chi connectivity index (χ0) is 17.1. The van der Waals surface area contributed by atoms with Crippen LogP contribution in [0, 0.1) is 6.92 Å². The summed E-state index contributed by atoms with van der Waals surface area (Å²) in [6.07, 6.45) is 3.30. The Balaban J connectivity index is 1.64. The Kier molecular flexibility index (Phi) is 4.70. The molecule has 1 unspecified atom stereocenters. The zero-order valence-corrected chi connectivity index (χ0v) is 14.5. The van der Waals surface area contributed by atoms with Crippen molar-refractivity contribution in [3.8, 4) is 0 Å². The molecule has 0 radical (unpaired) electrons. The summed E-state index contributed by atoms with van der Waals surface area (Å²) < 4.78 is 0. The first kappa shape index (κ1) is 16.3. The predicted octanol–water partition coefficient (Wildman–Crippen LogP) is 4.63. The number of carbonyl (C=O) groups excluding carboxylic acids is 1. The highest BCUT2D eigenvalue weighted by Crippen LogP contribution is 2.22. The van der Waals surface area contributed by atoms with Crippen molar-refractivity contribution in [2.45, 2.75) is 32.7 Å². The molecule has 2 aromatic carbocycles. The van der Waals surface area contributed by atoms with Gasteiger partial charge in [-0.05, 0) is 37.5 Å². The molecule has 0 saturated carbocycles. The first-order valence-corrected chi connectivity index (χ1v) is 8.43. The van der Waals surface area contributed by atoms with E-state index in [9.17, 15) is 4.79 Å². The van der Waals surface area contributed by atoms with Crippen LogP contribution in [-0.4, -0.2) is 22.8 Å². The number of benzene rings is 2. The number of amides is 1. The average molecular weight is 320 g/mol. The van der Waals surface area contributed by atoms with E-state index >= 15 is 0 Å². The van der Waals surface area contributed by atoms with Gasteiger partial charge in [-0.3, -0.25) is 4.79 Å². The van der Waals surface area contributed by atoms with E-state index in [2.05, 4.69) is 55.2 Å². The van der Waals surface area contributed by atoms with Crippen molar-refractivity contribution in [3.05, 3.63) is 71.4 Å². The first-order chi connectivity index (χ1) is 11.6. The van der Waals surface area contributed by atoms with Crippen LogP contribution in [0.1, 0.15) is 36.1 Å². The lowest BCUT2D eigenvalue weighted by atomic mass is 10.0. The fourth-order valence-electron chi connectivity index (χ4n) is 3.04. The number of nitrogens with one attached hydrogen (secondary N) is 1. The summed E-state index contributed by atoms with van der Waals surface area (Å²) in [4.78, 5) is 17.7. The molecular formula is C21H24N2O. The van der Waals surface area contributed by atoms with Crippen LogP contribution in [0.3, 0.4) is 0 Å². The topological polar surface area (TPSA) is 36.1 Å². The lowest BCUT2D eigenvalue weighted by Crippen LogP contribution is -2.29. The van der Waals surface area contributed by atoms with E-state index in [-0.39, 0.29) is 11.9 Å². The maximum atomic E-state index is 12.6. The molecule has 1 aromatic heterocycles. The summed E-state index contributed by atoms with van der Waals surface area (Å²) in [5.74, 6) is 0.174. The molecule has 3 rings (SSSR count). The SMILES string of the molecule is Cc1ccc(C(C)N(C)C(=O)CCc2c[nH]c3ccccc23)cc1. The Morgan fingerprint density at radius 1 is 1.12 bits per heavy atom. The number of aryl methyl sites for hydroxylation is 2. The molecule has 1 amide bonds. The quantitative estimate of drug-likeness (QED) is 0.731. The van der Waals surface area contributed by atoms with E-state index < -0.39 is 0 Å². The molecule has 3 heteroatoms. The van der Waals surface area contributed by atoms with Gasteiger partial charge in [0.05, 0.1) is 6.04 Å². The van der Waals surface area contributed by atoms with E-state index in [0.29, 0.717) is 6.42 Å². The van der Waals surface area contributed by atoms with E-state index in [1.165, 1.54) is 22.1 Å². The largest absolute Gasteiger partial charge is 0.361 e. The lowest BCUT2D eigenvalue weighted by molar-refractivity contribution is -0.131. The molecule has 3 nitrogen and oxygen atoms in total. The minimum atomic E-state index is 0.0843.